The summed E-state index contributed by atoms with van der Waals surface area (Å²) in [5.74, 6) is -0.670. The van der Waals surface area contributed by atoms with Crippen LogP contribution >= 0.6 is 0 Å². The van der Waals surface area contributed by atoms with E-state index in [0.717, 1.165) is 36.8 Å². The number of aryl methyl sites for hydroxylation is 2. The van der Waals surface area contributed by atoms with Gasteiger partial charge in [0.2, 0.25) is 11.8 Å². The van der Waals surface area contributed by atoms with E-state index >= 15 is 0 Å². The Morgan fingerprint density at radius 2 is 1.77 bits per heavy atom. The number of amides is 2. The molecule has 2 aliphatic carbocycles. The molecule has 0 aromatic heterocycles. The van der Waals surface area contributed by atoms with E-state index in [-0.39, 0.29) is 23.5 Å². The average Bonchev–Trinajstić information content (AvgIpc) is 3.12. The number of rotatable bonds is 7. The van der Waals surface area contributed by atoms with Crippen molar-refractivity contribution in [3.05, 3.63) is 34.9 Å². The molecule has 3 aliphatic rings. The van der Waals surface area contributed by atoms with Gasteiger partial charge in [-0.25, -0.2) is 5.48 Å². The van der Waals surface area contributed by atoms with Crippen LogP contribution in [0.3, 0.4) is 0 Å². The van der Waals surface area contributed by atoms with Gasteiger partial charge in [0, 0.05) is 24.4 Å². The van der Waals surface area contributed by atoms with Gasteiger partial charge in [-0.3, -0.25) is 19.6 Å². The van der Waals surface area contributed by atoms with Gasteiger partial charge in [0.25, 0.3) is 0 Å². The summed E-state index contributed by atoms with van der Waals surface area (Å²) in [5.41, 5.74) is 4.51. The molecule has 3 fully saturated rings. The monoisotopic (exact) mass is 426 g/mol. The third-order valence-corrected chi connectivity index (χ3v) is 7.56. The highest BCUT2D eigenvalue weighted by molar-refractivity contribution is 6.03. The molecule has 2 N–H and O–H groups in total. The molecule has 0 bridgehead atoms. The molecule has 1 aliphatic heterocycles. The van der Waals surface area contributed by atoms with Crippen molar-refractivity contribution in [3.8, 4) is 0 Å². The van der Waals surface area contributed by atoms with Gasteiger partial charge in [0.15, 0.2) is 5.78 Å². The fourth-order valence-electron chi connectivity index (χ4n) is 5.79. The van der Waals surface area contributed by atoms with Crippen LogP contribution in [0, 0.1) is 31.1 Å². The number of benzene rings is 1. The van der Waals surface area contributed by atoms with Crippen LogP contribution in [-0.2, 0) is 9.59 Å². The summed E-state index contributed by atoms with van der Waals surface area (Å²) in [6.07, 6.45) is 7.94. The molecule has 6 heteroatoms. The Balaban J connectivity index is 1.58. The standard InChI is InChI=1S/C25H34N2O4/c1-16-9-17(2)11-19(10-16)23(29)21-14-25(7-8-25)15-27(21)24(30)20(13-22(28)26-31)12-18-5-3-4-6-18/h9-11,18,20-21,31H,3-8,12-15H2,1-2H3,(H,26,28)/t20-,21+/m1/s1. The van der Waals surface area contributed by atoms with Crippen molar-refractivity contribution >= 4 is 17.6 Å². The van der Waals surface area contributed by atoms with Crippen LogP contribution in [0.15, 0.2) is 18.2 Å². The predicted molar refractivity (Wildman–Crippen MR) is 117 cm³/mol. The van der Waals surface area contributed by atoms with Crippen LogP contribution < -0.4 is 5.48 Å². The molecule has 31 heavy (non-hydrogen) atoms. The fraction of sp³-hybridized carbons (Fsp3) is 0.640. The number of carbonyl (C=O) groups excluding carboxylic acids is 3. The summed E-state index contributed by atoms with van der Waals surface area (Å²) in [6.45, 7) is 4.57. The first-order valence-electron chi connectivity index (χ1n) is 11.7. The molecular weight excluding hydrogens is 392 g/mol. The molecule has 1 aromatic rings. The summed E-state index contributed by atoms with van der Waals surface area (Å²) in [5, 5.41) is 9.05. The lowest BCUT2D eigenvalue weighted by Gasteiger charge is -2.29. The van der Waals surface area contributed by atoms with Crippen LogP contribution in [0.5, 0.6) is 0 Å². The molecule has 2 atom stereocenters. The number of hydroxylamine groups is 1. The van der Waals surface area contributed by atoms with Crippen molar-refractivity contribution in [2.75, 3.05) is 6.54 Å². The normalized spacial score (nSPS) is 23.2. The summed E-state index contributed by atoms with van der Waals surface area (Å²) in [7, 11) is 0. The van der Waals surface area contributed by atoms with Gasteiger partial charge in [0.1, 0.15) is 0 Å². The van der Waals surface area contributed by atoms with E-state index in [9.17, 15) is 14.4 Å². The molecule has 2 saturated carbocycles. The minimum atomic E-state index is -0.533. The number of hydrogen-bond acceptors (Lipinski definition) is 4. The topological polar surface area (TPSA) is 86.7 Å². The highest BCUT2D eigenvalue weighted by Crippen LogP contribution is 2.55. The first kappa shape index (κ1) is 22.0. The molecule has 6 nitrogen and oxygen atoms in total. The van der Waals surface area contributed by atoms with Crippen molar-refractivity contribution < 1.29 is 19.6 Å². The van der Waals surface area contributed by atoms with E-state index in [2.05, 4.69) is 0 Å². The maximum Gasteiger partial charge on any atom is 0.244 e. The van der Waals surface area contributed by atoms with Crippen molar-refractivity contribution in [2.45, 2.75) is 77.7 Å². The molecule has 2 amide bonds. The number of carbonyl (C=O) groups is 3. The molecule has 1 heterocycles. The number of nitrogens with one attached hydrogen (secondary N) is 1. The van der Waals surface area contributed by atoms with Gasteiger partial charge in [-0.05, 0) is 63.0 Å². The molecule has 1 spiro atoms. The lowest BCUT2D eigenvalue weighted by Crippen LogP contribution is -2.45. The minimum Gasteiger partial charge on any atom is -0.331 e. The first-order valence-corrected chi connectivity index (χ1v) is 11.7. The third-order valence-electron chi connectivity index (χ3n) is 7.56. The maximum atomic E-state index is 13.7. The van der Waals surface area contributed by atoms with Gasteiger partial charge >= 0.3 is 0 Å². The van der Waals surface area contributed by atoms with Crippen LogP contribution in [0.25, 0.3) is 0 Å². The van der Waals surface area contributed by atoms with Crippen LogP contribution in [0.4, 0.5) is 0 Å². The molecular formula is C25H34N2O4. The van der Waals surface area contributed by atoms with E-state index in [1.165, 1.54) is 12.8 Å². The van der Waals surface area contributed by atoms with Crippen LogP contribution in [0.2, 0.25) is 0 Å². The van der Waals surface area contributed by atoms with E-state index in [4.69, 9.17) is 5.21 Å². The number of Topliss-reactive ketones (excluding diaryl/α,β-unsaturated/α-hetero) is 1. The Morgan fingerprint density at radius 1 is 1.13 bits per heavy atom. The molecule has 4 rings (SSSR count). The van der Waals surface area contributed by atoms with Gasteiger partial charge in [-0.2, -0.15) is 0 Å². The zero-order valence-corrected chi connectivity index (χ0v) is 18.7. The summed E-state index contributed by atoms with van der Waals surface area (Å²) in [4.78, 5) is 40.9. The summed E-state index contributed by atoms with van der Waals surface area (Å²) >= 11 is 0. The minimum absolute atomic E-state index is 0.00940. The number of hydrogen-bond donors (Lipinski definition) is 2. The Kier molecular flexibility index (Phi) is 6.20. The van der Waals surface area contributed by atoms with Gasteiger partial charge in [-0.1, -0.05) is 42.9 Å². The van der Waals surface area contributed by atoms with Crippen molar-refractivity contribution in [3.63, 3.8) is 0 Å². The van der Waals surface area contributed by atoms with Crippen LogP contribution in [-0.4, -0.2) is 40.3 Å². The van der Waals surface area contributed by atoms with Crippen molar-refractivity contribution in [2.24, 2.45) is 17.3 Å². The maximum absolute atomic E-state index is 13.7. The van der Waals surface area contributed by atoms with Gasteiger partial charge in [-0.15, -0.1) is 0 Å². The Morgan fingerprint density at radius 3 is 2.35 bits per heavy atom. The van der Waals surface area contributed by atoms with E-state index in [1.54, 1.807) is 10.4 Å². The number of ketones is 1. The highest BCUT2D eigenvalue weighted by atomic mass is 16.5. The lowest BCUT2D eigenvalue weighted by molar-refractivity contribution is -0.141. The number of nitrogens with zero attached hydrogens (tertiary/aromatic N) is 1. The Hall–Kier alpha value is -2.21. The molecule has 1 saturated heterocycles. The highest BCUT2D eigenvalue weighted by Gasteiger charge is 2.55. The molecule has 0 radical (unpaired) electrons. The first-order chi connectivity index (χ1) is 14.8. The lowest BCUT2D eigenvalue weighted by atomic mass is 9.89. The zero-order valence-electron chi connectivity index (χ0n) is 18.7. The second-order valence-corrected chi connectivity index (χ2v) is 10.2. The molecule has 168 valence electrons. The third kappa shape index (κ3) is 4.84. The second-order valence-electron chi connectivity index (χ2n) is 10.2. The molecule has 0 unspecified atom stereocenters. The number of likely N-dealkylation sites (tertiary alicyclic amines) is 1. The van der Waals surface area contributed by atoms with Crippen LogP contribution in [0.1, 0.15) is 79.3 Å². The average molecular weight is 427 g/mol. The van der Waals surface area contributed by atoms with E-state index in [0.29, 0.717) is 30.9 Å². The summed E-state index contributed by atoms with van der Waals surface area (Å²) in [6, 6.07) is 5.40. The van der Waals surface area contributed by atoms with E-state index < -0.39 is 17.9 Å². The smallest absolute Gasteiger partial charge is 0.244 e. The zero-order chi connectivity index (χ0) is 22.2. The summed E-state index contributed by atoms with van der Waals surface area (Å²) < 4.78 is 0. The quantitative estimate of drug-likeness (QED) is 0.393. The predicted octanol–water partition coefficient (Wildman–Crippen LogP) is 3.96. The van der Waals surface area contributed by atoms with Gasteiger partial charge in [0.05, 0.1) is 6.04 Å². The fourth-order valence-corrected chi connectivity index (χ4v) is 5.79. The molecule has 1 aromatic carbocycles. The van der Waals surface area contributed by atoms with Crippen molar-refractivity contribution in [1.82, 2.24) is 10.4 Å². The Bertz CT molecular complexity index is 850. The van der Waals surface area contributed by atoms with E-state index in [1.807, 2.05) is 32.0 Å². The van der Waals surface area contributed by atoms with Crippen molar-refractivity contribution in [1.29, 1.82) is 0 Å². The Labute approximate surface area is 184 Å². The van der Waals surface area contributed by atoms with Gasteiger partial charge < -0.3 is 4.90 Å². The largest absolute Gasteiger partial charge is 0.331 e. The SMILES string of the molecule is Cc1cc(C)cc(C(=O)[C@@H]2CC3(CC3)CN2C(=O)[C@@H](CC(=O)NO)CC2CCCC2)c1. The second kappa shape index (κ2) is 8.73.